The maximum atomic E-state index is 13.0. The van der Waals surface area contributed by atoms with E-state index in [0.717, 1.165) is 11.1 Å². The van der Waals surface area contributed by atoms with Gasteiger partial charge in [-0.15, -0.1) is 0 Å². The summed E-state index contributed by atoms with van der Waals surface area (Å²) in [6.45, 7) is 12.6. The third-order valence-corrected chi connectivity index (χ3v) is 1.47. The molecule has 0 atom stereocenters. The lowest BCUT2D eigenvalue weighted by Gasteiger charge is -1.99. The molecule has 0 N–H and O–H groups in total. The van der Waals surface area contributed by atoms with Crippen molar-refractivity contribution in [2.75, 3.05) is 0 Å². The Hall–Kier alpha value is -1.11. The van der Waals surface area contributed by atoms with Crippen molar-refractivity contribution < 1.29 is 4.39 Å². The Bertz CT molecular complexity index is 250. The summed E-state index contributed by atoms with van der Waals surface area (Å²) in [5.74, 6) is -0.215. The molecule has 0 heterocycles. The van der Waals surface area contributed by atoms with Gasteiger partial charge in [-0.1, -0.05) is 24.8 Å². The van der Waals surface area contributed by atoms with Crippen molar-refractivity contribution in [2.45, 2.75) is 20.8 Å². The van der Waals surface area contributed by atoms with Crippen LogP contribution in [0.2, 0.25) is 0 Å². The highest BCUT2D eigenvalue weighted by molar-refractivity contribution is 5.40. The summed E-state index contributed by atoms with van der Waals surface area (Å²) < 4.78 is 13.0. The lowest BCUT2D eigenvalue weighted by atomic mass is 10.1. The molecule has 0 radical (unpaired) electrons. The molecule has 1 heteroatoms. The molecule has 0 nitrogen and oxygen atoms in total. The number of halogens is 1. The smallest absolute Gasteiger partial charge is 0.122 e. The van der Waals surface area contributed by atoms with E-state index in [9.17, 15) is 4.39 Å². The van der Waals surface area contributed by atoms with Crippen LogP contribution in [0.1, 0.15) is 20.8 Å². The predicted octanol–water partition coefficient (Wildman–Crippen LogP) is 3.94. The second-order valence-corrected chi connectivity index (χ2v) is 2.93. The highest BCUT2D eigenvalue weighted by Crippen LogP contribution is 2.14. The highest BCUT2D eigenvalue weighted by Gasteiger charge is 1.96. The molecule has 0 fully saturated rings. The van der Waals surface area contributed by atoms with Crippen LogP contribution in [-0.2, 0) is 0 Å². The molecule has 0 saturated heterocycles. The van der Waals surface area contributed by atoms with Gasteiger partial charge < -0.3 is 0 Å². The molecule has 66 valence electrons. The monoisotopic (exact) mass is 166 g/mol. The second-order valence-electron chi connectivity index (χ2n) is 2.93. The first-order valence-electron chi connectivity index (χ1n) is 3.82. The van der Waals surface area contributed by atoms with Crippen LogP contribution in [0.3, 0.4) is 0 Å². The maximum Gasteiger partial charge on any atom is 0.122 e. The fourth-order valence-electron chi connectivity index (χ4n) is 0.637. The van der Waals surface area contributed by atoms with Gasteiger partial charge in [0, 0.05) is 0 Å². The number of hydrogen-bond acceptors (Lipinski definition) is 0. The van der Waals surface area contributed by atoms with Crippen molar-refractivity contribution in [3.63, 3.8) is 0 Å². The van der Waals surface area contributed by atoms with E-state index in [0.29, 0.717) is 5.57 Å². The van der Waals surface area contributed by atoms with Gasteiger partial charge in [-0.3, -0.25) is 0 Å². The van der Waals surface area contributed by atoms with Gasteiger partial charge in [0.2, 0.25) is 0 Å². The second kappa shape index (κ2) is 4.70. The van der Waals surface area contributed by atoms with Crippen LogP contribution in [0.5, 0.6) is 0 Å². The first-order valence-corrected chi connectivity index (χ1v) is 3.82. The van der Waals surface area contributed by atoms with Crippen molar-refractivity contribution in [3.8, 4) is 0 Å². The first-order chi connectivity index (χ1) is 5.49. The first kappa shape index (κ1) is 10.9. The minimum atomic E-state index is -0.215. The number of rotatable bonds is 3. The lowest BCUT2D eigenvalue weighted by molar-refractivity contribution is 0.653. The van der Waals surface area contributed by atoms with Gasteiger partial charge in [0.05, 0.1) is 0 Å². The standard InChI is InChI=1S/C11H15F/c1-6-10(8(2)3)7-11(12)9(4)5/h6-7H,1-2H2,3-5H3/b10-7-. The van der Waals surface area contributed by atoms with Gasteiger partial charge >= 0.3 is 0 Å². The van der Waals surface area contributed by atoms with Crippen LogP contribution in [0, 0.1) is 0 Å². The van der Waals surface area contributed by atoms with E-state index >= 15 is 0 Å². The Labute approximate surface area is 73.8 Å². The summed E-state index contributed by atoms with van der Waals surface area (Å²) >= 11 is 0. The predicted molar refractivity (Wildman–Crippen MR) is 52.6 cm³/mol. The van der Waals surface area contributed by atoms with Gasteiger partial charge in [0.1, 0.15) is 5.83 Å². The van der Waals surface area contributed by atoms with Crippen molar-refractivity contribution >= 4 is 0 Å². The van der Waals surface area contributed by atoms with E-state index in [1.807, 2.05) is 6.92 Å². The molecule has 0 spiro atoms. The summed E-state index contributed by atoms with van der Waals surface area (Å²) in [6, 6.07) is 0. The Balaban J connectivity index is 4.86. The average Bonchev–Trinajstić information content (AvgIpc) is 1.98. The third-order valence-electron chi connectivity index (χ3n) is 1.47. The molecular formula is C11H15F. The molecule has 0 saturated carbocycles. The summed E-state index contributed by atoms with van der Waals surface area (Å²) in [4.78, 5) is 0. The number of allylic oxidation sites excluding steroid dienone is 6. The Morgan fingerprint density at radius 3 is 2.00 bits per heavy atom. The van der Waals surface area contributed by atoms with Crippen LogP contribution in [0.4, 0.5) is 4.39 Å². The largest absolute Gasteiger partial charge is 0.207 e. The molecule has 0 aliphatic heterocycles. The third kappa shape index (κ3) is 3.33. The molecular weight excluding hydrogens is 151 g/mol. The molecule has 0 unspecified atom stereocenters. The molecule has 0 aromatic heterocycles. The fourth-order valence-corrected chi connectivity index (χ4v) is 0.637. The fraction of sp³-hybridized carbons (Fsp3) is 0.273. The molecule has 0 rings (SSSR count). The minimum Gasteiger partial charge on any atom is -0.207 e. The van der Waals surface area contributed by atoms with Crippen LogP contribution in [0.15, 0.2) is 47.9 Å². The van der Waals surface area contributed by atoms with Gasteiger partial charge in [-0.2, -0.15) is 0 Å². The van der Waals surface area contributed by atoms with E-state index in [2.05, 4.69) is 13.2 Å². The molecule has 12 heavy (non-hydrogen) atoms. The van der Waals surface area contributed by atoms with Crippen molar-refractivity contribution in [1.82, 2.24) is 0 Å². The summed E-state index contributed by atoms with van der Waals surface area (Å²) in [5.41, 5.74) is 2.23. The van der Waals surface area contributed by atoms with Gasteiger partial charge in [-0.25, -0.2) is 4.39 Å². The van der Waals surface area contributed by atoms with Crippen molar-refractivity contribution in [3.05, 3.63) is 47.9 Å². The van der Waals surface area contributed by atoms with Crippen LogP contribution in [0.25, 0.3) is 0 Å². The normalized spacial score (nSPS) is 10.8. The van der Waals surface area contributed by atoms with Gasteiger partial charge in [0.25, 0.3) is 0 Å². The zero-order valence-corrected chi connectivity index (χ0v) is 7.95. The topological polar surface area (TPSA) is 0 Å². The van der Waals surface area contributed by atoms with E-state index < -0.39 is 0 Å². The molecule has 0 aliphatic rings. The zero-order valence-electron chi connectivity index (χ0n) is 7.95. The average molecular weight is 166 g/mol. The number of hydrogen-bond donors (Lipinski definition) is 0. The summed E-state index contributed by atoms with van der Waals surface area (Å²) in [5, 5.41) is 0. The van der Waals surface area contributed by atoms with Crippen LogP contribution < -0.4 is 0 Å². The summed E-state index contributed by atoms with van der Waals surface area (Å²) in [6.07, 6.45) is 3.05. The van der Waals surface area contributed by atoms with E-state index in [4.69, 9.17) is 0 Å². The van der Waals surface area contributed by atoms with E-state index in [1.54, 1.807) is 19.9 Å². The maximum absolute atomic E-state index is 13.0. The van der Waals surface area contributed by atoms with Gasteiger partial charge in [-0.05, 0) is 38.0 Å². The Kier molecular flexibility index (Phi) is 4.27. The van der Waals surface area contributed by atoms with Gasteiger partial charge in [0.15, 0.2) is 0 Å². The summed E-state index contributed by atoms with van der Waals surface area (Å²) in [7, 11) is 0. The Morgan fingerprint density at radius 2 is 1.75 bits per heavy atom. The SMILES string of the molecule is C=C/C(=C/C(F)=C(C)C)C(=C)C. The zero-order chi connectivity index (χ0) is 9.72. The van der Waals surface area contributed by atoms with Crippen molar-refractivity contribution in [1.29, 1.82) is 0 Å². The van der Waals surface area contributed by atoms with E-state index in [-0.39, 0.29) is 5.83 Å². The minimum absolute atomic E-state index is 0.215. The quantitative estimate of drug-likeness (QED) is 0.557. The molecule has 0 aromatic carbocycles. The van der Waals surface area contributed by atoms with Crippen molar-refractivity contribution in [2.24, 2.45) is 0 Å². The Morgan fingerprint density at radius 1 is 1.25 bits per heavy atom. The highest BCUT2D eigenvalue weighted by atomic mass is 19.1. The lowest BCUT2D eigenvalue weighted by Crippen LogP contribution is -1.80. The molecule has 0 aliphatic carbocycles. The molecule has 0 aromatic rings. The van der Waals surface area contributed by atoms with Crippen LogP contribution in [-0.4, -0.2) is 0 Å². The van der Waals surface area contributed by atoms with Crippen LogP contribution >= 0.6 is 0 Å². The van der Waals surface area contributed by atoms with E-state index in [1.165, 1.54) is 6.08 Å². The molecule has 0 bridgehead atoms. The molecule has 0 amide bonds.